The van der Waals surface area contributed by atoms with E-state index in [2.05, 4.69) is 4.99 Å². The molecule has 0 aliphatic rings. The molecular formula is C13H21N2O4+. The molecule has 0 saturated heterocycles. The second-order valence-corrected chi connectivity index (χ2v) is 4.57. The number of aliphatic hydroxyl groups is 4. The van der Waals surface area contributed by atoms with Gasteiger partial charge >= 0.3 is 0 Å². The molecular weight excluding hydrogens is 248 g/mol. The molecule has 6 heteroatoms. The monoisotopic (exact) mass is 269 g/mol. The van der Waals surface area contributed by atoms with Crippen LogP contribution in [0.3, 0.4) is 0 Å². The molecule has 0 saturated carbocycles. The summed E-state index contributed by atoms with van der Waals surface area (Å²) in [5.41, 5.74) is 9.04. The number of aryl methyl sites for hydroxylation is 2. The minimum Gasteiger partial charge on any atom is -0.394 e. The molecule has 0 aliphatic heterocycles. The van der Waals surface area contributed by atoms with E-state index in [1.807, 2.05) is 19.9 Å². The number of hydrogen-bond donors (Lipinski definition) is 6. The van der Waals surface area contributed by atoms with E-state index in [1.165, 1.54) is 6.21 Å². The molecule has 7 N–H and O–H groups in total. The number of anilines is 1. The Kier molecular flexibility index (Phi) is 5.44. The predicted octanol–water partition coefficient (Wildman–Crippen LogP) is -2.26. The van der Waals surface area contributed by atoms with E-state index in [0.29, 0.717) is 11.4 Å². The van der Waals surface area contributed by atoms with Crippen molar-refractivity contribution in [1.29, 1.82) is 0 Å². The molecule has 1 aromatic rings. The number of nitrogen functional groups attached to an aromatic ring is 1. The summed E-state index contributed by atoms with van der Waals surface area (Å²) in [7, 11) is 0. The summed E-state index contributed by atoms with van der Waals surface area (Å²) < 4.78 is 0. The Morgan fingerprint density at radius 3 is 2.37 bits per heavy atom. The van der Waals surface area contributed by atoms with Gasteiger partial charge in [-0.05, 0) is 31.0 Å². The van der Waals surface area contributed by atoms with Crippen molar-refractivity contribution in [2.45, 2.75) is 32.2 Å². The predicted molar refractivity (Wildman–Crippen MR) is 72.1 cm³/mol. The molecule has 0 aromatic heterocycles. The summed E-state index contributed by atoms with van der Waals surface area (Å²) in [5.74, 6) is 0. The SMILES string of the molecule is Cc1cc(N)c([NH+]=C[C@H](O)[C@H](O)[C@H](O)CO)cc1C. The molecule has 0 spiro atoms. The van der Waals surface area contributed by atoms with Crippen molar-refractivity contribution in [2.75, 3.05) is 12.3 Å². The van der Waals surface area contributed by atoms with Crippen molar-refractivity contribution in [3.8, 4) is 0 Å². The van der Waals surface area contributed by atoms with Crippen molar-refractivity contribution in [1.82, 2.24) is 0 Å². The summed E-state index contributed by atoms with van der Waals surface area (Å²) in [6.45, 7) is 3.24. The number of aliphatic hydroxyl groups excluding tert-OH is 4. The third-order valence-electron chi connectivity index (χ3n) is 3.01. The van der Waals surface area contributed by atoms with Crippen LogP contribution in [-0.2, 0) is 0 Å². The Bertz CT molecular complexity index is 462. The maximum Gasteiger partial charge on any atom is 0.226 e. The van der Waals surface area contributed by atoms with Crippen LogP contribution in [-0.4, -0.2) is 51.6 Å². The Morgan fingerprint density at radius 1 is 1.21 bits per heavy atom. The molecule has 0 bridgehead atoms. The number of nitrogens with two attached hydrogens (primary N) is 1. The van der Waals surface area contributed by atoms with E-state index < -0.39 is 24.9 Å². The molecule has 0 heterocycles. The molecule has 6 nitrogen and oxygen atoms in total. The highest BCUT2D eigenvalue weighted by Gasteiger charge is 2.24. The van der Waals surface area contributed by atoms with Gasteiger partial charge < -0.3 is 26.2 Å². The Balaban J connectivity index is 2.84. The van der Waals surface area contributed by atoms with E-state index in [1.54, 1.807) is 6.07 Å². The van der Waals surface area contributed by atoms with E-state index in [0.717, 1.165) is 11.1 Å². The third-order valence-corrected chi connectivity index (χ3v) is 3.01. The van der Waals surface area contributed by atoms with Gasteiger partial charge in [-0.1, -0.05) is 0 Å². The van der Waals surface area contributed by atoms with Crippen molar-refractivity contribution < 1.29 is 25.4 Å². The van der Waals surface area contributed by atoms with E-state index in [4.69, 9.17) is 10.8 Å². The van der Waals surface area contributed by atoms with Crippen LogP contribution in [0.25, 0.3) is 0 Å². The normalized spacial score (nSPS) is 16.5. The number of rotatable bonds is 5. The molecule has 0 aliphatic carbocycles. The largest absolute Gasteiger partial charge is 0.394 e. The molecule has 0 fully saturated rings. The van der Waals surface area contributed by atoms with E-state index >= 15 is 0 Å². The van der Waals surface area contributed by atoms with Crippen LogP contribution in [0.2, 0.25) is 0 Å². The van der Waals surface area contributed by atoms with Gasteiger partial charge in [0, 0.05) is 6.07 Å². The van der Waals surface area contributed by atoms with Crippen LogP contribution < -0.4 is 10.7 Å². The van der Waals surface area contributed by atoms with Gasteiger partial charge in [-0.25, -0.2) is 4.99 Å². The summed E-state index contributed by atoms with van der Waals surface area (Å²) >= 11 is 0. The molecule has 0 radical (unpaired) electrons. The van der Waals surface area contributed by atoms with Crippen molar-refractivity contribution >= 4 is 17.6 Å². The van der Waals surface area contributed by atoms with E-state index in [-0.39, 0.29) is 0 Å². The average Bonchev–Trinajstić information content (AvgIpc) is 2.39. The lowest BCUT2D eigenvalue weighted by atomic mass is 10.1. The van der Waals surface area contributed by atoms with E-state index in [9.17, 15) is 15.3 Å². The Hall–Kier alpha value is -1.47. The minimum atomic E-state index is -1.47. The lowest BCUT2D eigenvalue weighted by molar-refractivity contribution is -0.352. The Labute approximate surface area is 111 Å². The molecule has 0 unspecified atom stereocenters. The molecule has 0 amide bonds. The average molecular weight is 269 g/mol. The van der Waals surface area contributed by atoms with Gasteiger partial charge in [-0.3, -0.25) is 0 Å². The summed E-state index contributed by atoms with van der Waals surface area (Å²) in [6, 6.07) is 3.62. The van der Waals surface area contributed by atoms with Crippen LogP contribution in [0.15, 0.2) is 12.1 Å². The first-order chi connectivity index (χ1) is 8.86. The fourth-order valence-corrected chi connectivity index (χ4v) is 1.57. The van der Waals surface area contributed by atoms with Gasteiger partial charge in [0.05, 0.1) is 6.61 Å². The van der Waals surface area contributed by atoms with Crippen LogP contribution in [0.5, 0.6) is 0 Å². The maximum absolute atomic E-state index is 9.62. The molecule has 1 aromatic carbocycles. The zero-order valence-electron chi connectivity index (χ0n) is 11.0. The lowest BCUT2D eigenvalue weighted by Crippen LogP contribution is -2.65. The number of nitrogens with one attached hydrogen (secondary N) is 1. The van der Waals surface area contributed by atoms with Crippen molar-refractivity contribution in [3.63, 3.8) is 0 Å². The summed E-state index contributed by atoms with van der Waals surface area (Å²) in [4.78, 5) is 2.79. The van der Waals surface area contributed by atoms with Gasteiger partial charge in [-0.15, -0.1) is 0 Å². The quantitative estimate of drug-likeness (QED) is 0.266. The van der Waals surface area contributed by atoms with Gasteiger partial charge in [-0.2, -0.15) is 0 Å². The highest BCUT2D eigenvalue weighted by Crippen LogP contribution is 2.18. The van der Waals surface area contributed by atoms with Crippen LogP contribution >= 0.6 is 0 Å². The zero-order chi connectivity index (χ0) is 14.6. The summed E-state index contributed by atoms with van der Waals surface area (Å²) in [6.07, 6.45) is -2.98. The van der Waals surface area contributed by atoms with Crippen molar-refractivity contribution in [2.24, 2.45) is 0 Å². The van der Waals surface area contributed by atoms with Crippen molar-refractivity contribution in [3.05, 3.63) is 23.3 Å². The first-order valence-corrected chi connectivity index (χ1v) is 5.98. The molecule has 1 rings (SSSR count). The highest BCUT2D eigenvalue weighted by molar-refractivity contribution is 5.65. The lowest BCUT2D eigenvalue weighted by Gasteiger charge is -2.16. The summed E-state index contributed by atoms with van der Waals surface area (Å²) in [5, 5.41) is 37.0. The first kappa shape index (κ1) is 15.6. The third kappa shape index (κ3) is 4.00. The molecule has 106 valence electrons. The fourth-order valence-electron chi connectivity index (χ4n) is 1.57. The topological polar surface area (TPSA) is 121 Å². The molecule has 3 atom stereocenters. The second-order valence-electron chi connectivity index (χ2n) is 4.57. The second kappa shape index (κ2) is 6.63. The van der Waals surface area contributed by atoms with Gasteiger partial charge in [0.2, 0.25) is 5.69 Å². The maximum atomic E-state index is 9.62. The van der Waals surface area contributed by atoms with Gasteiger partial charge in [0.15, 0.2) is 12.3 Å². The van der Waals surface area contributed by atoms with Gasteiger partial charge in [0.25, 0.3) is 0 Å². The standard InChI is InChI=1S/C13H20N2O4/c1-7-3-9(14)10(4-8(7)2)15-5-11(17)13(19)12(18)6-16/h3-5,11-13,16-19H,6,14H2,1-2H3/p+1/t11-,12+,13-/m0/s1. The van der Waals surface area contributed by atoms with Crippen LogP contribution in [0, 0.1) is 13.8 Å². The Morgan fingerprint density at radius 2 is 1.79 bits per heavy atom. The first-order valence-electron chi connectivity index (χ1n) is 5.98. The molecule has 19 heavy (non-hydrogen) atoms. The van der Waals surface area contributed by atoms with Gasteiger partial charge in [0.1, 0.15) is 17.9 Å². The number of benzene rings is 1. The van der Waals surface area contributed by atoms with Crippen LogP contribution in [0.1, 0.15) is 11.1 Å². The minimum absolute atomic E-state index is 0.517. The fraction of sp³-hybridized carbons (Fsp3) is 0.462. The highest BCUT2D eigenvalue weighted by atomic mass is 16.4. The number of hydrogen-bond acceptors (Lipinski definition) is 5. The van der Waals surface area contributed by atoms with Crippen LogP contribution in [0.4, 0.5) is 11.4 Å². The zero-order valence-corrected chi connectivity index (χ0v) is 11.0. The smallest absolute Gasteiger partial charge is 0.226 e.